The van der Waals surface area contributed by atoms with Gasteiger partial charge in [0.05, 0.1) is 22.6 Å². The van der Waals surface area contributed by atoms with Crippen LogP contribution in [0, 0.1) is 5.92 Å². The lowest BCUT2D eigenvalue weighted by Gasteiger charge is -2.17. The van der Waals surface area contributed by atoms with E-state index in [2.05, 4.69) is 41.1 Å². The molecule has 216 valence electrons. The van der Waals surface area contributed by atoms with E-state index in [1.807, 2.05) is 29.0 Å². The fourth-order valence-corrected chi connectivity index (χ4v) is 7.02. The van der Waals surface area contributed by atoms with E-state index >= 15 is 0 Å². The van der Waals surface area contributed by atoms with E-state index in [-0.39, 0.29) is 0 Å². The highest BCUT2D eigenvalue weighted by atomic mass is 35.5. The van der Waals surface area contributed by atoms with Gasteiger partial charge in [0.15, 0.2) is 0 Å². The van der Waals surface area contributed by atoms with Crippen LogP contribution in [0.15, 0.2) is 91.1 Å². The molecule has 0 spiro atoms. The molecule has 3 aromatic carbocycles. The van der Waals surface area contributed by atoms with Crippen molar-refractivity contribution in [3.8, 4) is 16.9 Å². The molecule has 1 aromatic heterocycles. The average molecular weight is 622 g/mol. The van der Waals surface area contributed by atoms with E-state index in [1.54, 1.807) is 24.3 Å². The van der Waals surface area contributed by atoms with Crippen LogP contribution in [-0.4, -0.2) is 23.1 Å². The minimum atomic E-state index is -3.88. The Bertz CT molecular complexity index is 1760. The summed E-state index contributed by atoms with van der Waals surface area (Å²) in [4.78, 5) is 4.96. The number of imidazole rings is 1. The summed E-state index contributed by atoms with van der Waals surface area (Å²) in [7, 11) is -3.88. The summed E-state index contributed by atoms with van der Waals surface area (Å²) in [6.45, 7) is 0. The third-order valence-electron chi connectivity index (χ3n) is 7.65. The van der Waals surface area contributed by atoms with Crippen molar-refractivity contribution in [2.45, 2.75) is 38.5 Å². The van der Waals surface area contributed by atoms with Crippen molar-refractivity contribution in [3.05, 3.63) is 118 Å². The molecule has 42 heavy (non-hydrogen) atoms. The van der Waals surface area contributed by atoms with Crippen molar-refractivity contribution in [1.82, 2.24) is 14.3 Å². The lowest BCUT2D eigenvalue weighted by Crippen LogP contribution is -2.29. The van der Waals surface area contributed by atoms with Crippen LogP contribution in [0.1, 0.15) is 49.1 Å². The lowest BCUT2D eigenvalue weighted by atomic mass is 9.89. The maximum absolute atomic E-state index is 12.3. The number of nitrogens with zero attached hydrogens (tertiary/aromatic N) is 3. The Morgan fingerprint density at radius 1 is 0.952 bits per heavy atom. The molecule has 2 aliphatic rings. The molecule has 0 radical (unpaired) electrons. The summed E-state index contributed by atoms with van der Waals surface area (Å²) in [6.07, 6.45) is 14.8. The first kappa shape index (κ1) is 28.4. The van der Waals surface area contributed by atoms with Crippen molar-refractivity contribution >= 4 is 45.2 Å². The molecule has 2 N–H and O–H groups in total. The van der Waals surface area contributed by atoms with Crippen molar-refractivity contribution in [1.29, 1.82) is 0 Å². The summed E-state index contributed by atoms with van der Waals surface area (Å²) in [5.41, 5.74) is 4.93. The molecular formula is C32H30Cl2N4O3S. The van der Waals surface area contributed by atoms with Crippen LogP contribution in [0.5, 0.6) is 0 Å². The highest BCUT2D eigenvalue weighted by Crippen LogP contribution is 2.32. The monoisotopic (exact) mass is 620 g/mol. The third-order valence-corrected chi connectivity index (χ3v) is 9.50. The highest BCUT2D eigenvalue weighted by molar-refractivity contribution is 7.91. The second-order valence-corrected chi connectivity index (χ2v) is 13.0. The number of anilines is 1. The Balaban J connectivity index is 1.30. The number of benzene rings is 3. The van der Waals surface area contributed by atoms with E-state index in [4.69, 9.17) is 28.2 Å². The van der Waals surface area contributed by atoms with Crippen molar-refractivity contribution in [2.24, 2.45) is 5.92 Å². The zero-order chi connectivity index (χ0) is 29.3. The Hall–Kier alpha value is -3.72. The Morgan fingerprint density at radius 3 is 2.33 bits per heavy atom. The number of hydrogen-bond acceptors (Lipinski definition) is 4. The molecule has 0 saturated heterocycles. The summed E-state index contributed by atoms with van der Waals surface area (Å²) in [6, 6.07) is 20.8. The molecule has 4 aromatic rings. The van der Waals surface area contributed by atoms with Gasteiger partial charge >= 0.3 is 10.2 Å². The zero-order valence-corrected chi connectivity index (χ0v) is 25.1. The van der Waals surface area contributed by atoms with Crippen LogP contribution in [0.25, 0.3) is 23.0 Å². The van der Waals surface area contributed by atoms with Gasteiger partial charge in [0, 0.05) is 28.9 Å². The quantitative estimate of drug-likeness (QED) is 0.219. The summed E-state index contributed by atoms with van der Waals surface area (Å²) in [5.74, 6) is 1.04. The maximum Gasteiger partial charge on any atom is 0.330 e. The molecule has 1 saturated carbocycles. The van der Waals surface area contributed by atoms with Crippen LogP contribution in [0.4, 0.5) is 5.69 Å². The summed E-state index contributed by atoms with van der Waals surface area (Å²) >= 11 is 12.7. The topological polar surface area (TPSA) is 87.5 Å². The molecule has 1 aliphatic carbocycles. The highest BCUT2D eigenvalue weighted by Gasteiger charge is 2.28. The van der Waals surface area contributed by atoms with E-state index in [0.717, 1.165) is 33.1 Å². The van der Waals surface area contributed by atoms with Crippen LogP contribution in [-0.2, 0) is 16.6 Å². The number of hydrogen-bond donors (Lipinski definition) is 2. The van der Waals surface area contributed by atoms with Gasteiger partial charge in [-0.2, -0.15) is 8.42 Å². The Kier molecular flexibility index (Phi) is 8.03. The van der Waals surface area contributed by atoms with Gasteiger partial charge in [-0.3, -0.25) is 0 Å². The molecule has 1 fully saturated rings. The van der Waals surface area contributed by atoms with Crippen molar-refractivity contribution in [2.75, 3.05) is 4.31 Å². The normalized spacial score (nSPS) is 17.0. The van der Waals surface area contributed by atoms with Crippen LogP contribution in [0.3, 0.4) is 0 Å². The molecule has 1 aliphatic heterocycles. The van der Waals surface area contributed by atoms with Gasteiger partial charge in [0.1, 0.15) is 5.82 Å². The predicted octanol–water partition coefficient (Wildman–Crippen LogP) is 8.04. The smallest absolute Gasteiger partial charge is 0.330 e. The molecular weight excluding hydrogens is 591 g/mol. The fraction of sp³-hybridized carbons (Fsp3) is 0.219. The number of allylic oxidation sites excluding steroid dienone is 1. The van der Waals surface area contributed by atoms with Gasteiger partial charge in [0.25, 0.3) is 0 Å². The third kappa shape index (κ3) is 6.21. The molecule has 0 amide bonds. The molecule has 7 nitrogen and oxygen atoms in total. The molecule has 6 rings (SSSR count). The van der Waals surface area contributed by atoms with E-state index in [1.165, 1.54) is 37.7 Å². The number of rotatable bonds is 7. The molecule has 0 bridgehead atoms. The zero-order valence-electron chi connectivity index (χ0n) is 22.7. The van der Waals surface area contributed by atoms with Crippen molar-refractivity contribution < 1.29 is 13.5 Å². The van der Waals surface area contributed by atoms with Gasteiger partial charge in [0.2, 0.25) is 5.88 Å². The van der Waals surface area contributed by atoms with E-state index < -0.39 is 16.1 Å². The molecule has 10 heteroatoms. The maximum atomic E-state index is 12.3. The largest absolute Gasteiger partial charge is 0.493 e. The Labute approximate surface area is 255 Å². The second-order valence-electron chi connectivity index (χ2n) is 10.6. The second kappa shape index (κ2) is 11.9. The number of aliphatic hydroxyl groups excluding tert-OH is 1. The van der Waals surface area contributed by atoms with Gasteiger partial charge in [-0.1, -0.05) is 78.9 Å². The predicted molar refractivity (Wildman–Crippen MR) is 169 cm³/mol. The van der Waals surface area contributed by atoms with E-state index in [0.29, 0.717) is 33.8 Å². The van der Waals surface area contributed by atoms with Gasteiger partial charge in [-0.05, 0) is 72.4 Å². The van der Waals surface area contributed by atoms with Crippen LogP contribution < -0.4 is 9.03 Å². The van der Waals surface area contributed by atoms with Crippen LogP contribution in [0.2, 0.25) is 10.0 Å². The SMILES string of the molecule is O=S1(=O)NC(O)=CN1c1ccc(-n2cc(-c3ccc(Cl)cc3Cl)nc2Cc2ccc(C=CC3CCCCC3)cc2)cc1. The summed E-state index contributed by atoms with van der Waals surface area (Å²) < 4.78 is 29.6. The first-order valence-corrected chi connectivity index (χ1v) is 16.1. The standard InChI is InChI=1S/C32H30Cl2N4O3S/c33-25-12-17-28(29(34)19-25)30-20-37(26-13-15-27(16-14-26)38-21-32(39)36-42(38,40)41)31(35-30)18-24-10-8-23(9-11-24)7-6-22-4-2-1-3-5-22/h6-17,19-22,36,39H,1-5,18H2. The number of aliphatic hydroxyl groups is 1. The molecule has 0 atom stereocenters. The molecule has 0 unspecified atom stereocenters. The number of halogens is 2. The van der Waals surface area contributed by atoms with Crippen molar-refractivity contribution in [3.63, 3.8) is 0 Å². The fourth-order valence-electron chi connectivity index (χ4n) is 5.46. The summed E-state index contributed by atoms with van der Waals surface area (Å²) in [5, 5.41) is 10.7. The Morgan fingerprint density at radius 2 is 1.67 bits per heavy atom. The first-order chi connectivity index (χ1) is 20.2. The number of nitrogens with one attached hydrogen (secondary N) is 1. The lowest BCUT2D eigenvalue weighted by molar-refractivity contribution is 0.392. The minimum Gasteiger partial charge on any atom is -0.493 e. The van der Waals surface area contributed by atoms with Crippen LogP contribution >= 0.6 is 23.2 Å². The van der Waals surface area contributed by atoms with E-state index in [9.17, 15) is 13.5 Å². The van der Waals surface area contributed by atoms with Gasteiger partial charge in [-0.15, -0.1) is 0 Å². The van der Waals surface area contributed by atoms with Gasteiger partial charge < -0.3 is 9.67 Å². The minimum absolute atomic E-state index is 0.384. The van der Waals surface area contributed by atoms with Gasteiger partial charge in [-0.25, -0.2) is 14.0 Å². The number of aromatic nitrogens is 2. The molecule has 2 heterocycles. The average Bonchev–Trinajstić information content (AvgIpc) is 3.51. The first-order valence-electron chi connectivity index (χ1n) is 13.9.